The van der Waals surface area contributed by atoms with Crippen molar-refractivity contribution in [1.29, 1.82) is 0 Å². The molecule has 3 aromatic carbocycles. The van der Waals surface area contributed by atoms with Crippen LogP contribution in [-0.2, 0) is 16.8 Å². The molecule has 0 unspecified atom stereocenters. The molecule has 1 N–H and O–H groups in total. The number of amides is 1. The summed E-state index contributed by atoms with van der Waals surface area (Å²) < 4.78 is 17.3. The molecule has 1 aliphatic rings. The Morgan fingerprint density at radius 3 is 2.47 bits per heavy atom. The van der Waals surface area contributed by atoms with Gasteiger partial charge in [-0.25, -0.2) is 9.37 Å². The van der Waals surface area contributed by atoms with Gasteiger partial charge >= 0.3 is 0 Å². The van der Waals surface area contributed by atoms with Gasteiger partial charge in [0, 0.05) is 11.1 Å². The van der Waals surface area contributed by atoms with E-state index < -0.39 is 5.41 Å². The quantitative estimate of drug-likeness (QED) is 0.263. The number of nitrogens with zero attached hydrogens (tertiary/aromatic N) is 4. The number of imidazole rings is 1. The molecule has 1 saturated carbocycles. The number of aryl methyl sites for hydroxylation is 1. The molecule has 0 bridgehead atoms. The lowest BCUT2D eigenvalue weighted by Gasteiger charge is -2.28. The molecule has 6 rings (SSSR count). The van der Waals surface area contributed by atoms with Crippen LogP contribution in [0.25, 0.3) is 17.0 Å². The van der Waals surface area contributed by atoms with Crippen LogP contribution in [0.2, 0.25) is 5.02 Å². The van der Waals surface area contributed by atoms with Gasteiger partial charge in [-0.1, -0.05) is 60.8 Å². The minimum absolute atomic E-state index is 0.0559. The van der Waals surface area contributed by atoms with E-state index in [0.717, 1.165) is 53.5 Å². The third-order valence-corrected chi connectivity index (χ3v) is 7.69. The predicted octanol–water partition coefficient (Wildman–Crippen LogP) is 6.82. The number of benzene rings is 3. The van der Waals surface area contributed by atoms with Crippen LogP contribution in [0.1, 0.15) is 42.5 Å². The normalized spacial score (nSPS) is 14.7. The van der Waals surface area contributed by atoms with Crippen LogP contribution < -0.4 is 5.32 Å². The maximum absolute atomic E-state index is 13.9. The zero-order valence-electron chi connectivity index (χ0n) is 21.0. The Morgan fingerprint density at radius 1 is 1.03 bits per heavy atom. The molecule has 1 fully saturated rings. The zero-order chi connectivity index (χ0) is 26.3. The Kier molecular flexibility index (Phi) is 6.24. The lowest BCUT2D eigenvalue weighted by Crippen LogP contribution is -2.38. The first kappa shape index (κ1) is 24.4. The first-order chi connectivity index (χ1) is 18.4. The van der Waals surface area contributed by atoms with E-state index in [1.54, 1.807) is 16.8 Å². The summed E-state index contributed by atoms with van der Waals surface area (Å²) in [5, 5.41) is 8.56. The maximum Gasteiger partial charge on any atom is 0.236 e. The fourth-order valence-electron chi connectivity index (χ4n) is 5.52. The van der Waals surface area contributed by atoms with E-state index in [2.05, 4.69) is 5.32 Å². The van der Waals surface area contributed by atoms with Gasteiger partial charge in [0.15, 0.2) is 0 Å². The van der Waals surface area contributed by atoms with Crippen LogP contribution in [0, 0.1) is 12.7 Å². The number of aromatic nitrogens is 4. The smallest absolute Gasteiger partial charge is 0.236 e. The van der Waals surface area contributed by atoms with Crippen LogP contribution in [0.4, 0.5) is 10.2 Å². The minimum atomic E-state index is -0.623. The average Bonchev–Trinajstić information content (AvgIpc) is 3.64. The second-order valence-corrected chi connectivity index (χ2v) is 10.4. The van der Waals surface area contributed by atoms with Gasteiger partial charge in [0.25, 0.3) is 0 Å². The standard InChI is InChI=1S/C30H27ClFN5O/c1-20-18-27(34-28(38)30(16-4-5-17-30)22-10-12-23(31)13-11-22)37(35-20)29-33-25-6-2-3-7-26(25)36(29)19-21-8-14-24(32)15-9-21/h2-3,6-15,18H,4-5,16-17,19H2,1H3,(H,34,38). The number of hydrogen-bond donors (Lipinski definition) is 1. The van der Waals surface area contributed by atoms with Crippen molar-refractivity contribution in [3.8, 4) is 5.95 Å². The van der Waals surface area contributed by atoms with Crippen molar-refractivity contribution in [2.45, 2.75) is 44.6 Å². The molecule has 1 amide bonds. The van der Waals surface area contributed by atoms with Crippen LogP contribution >= 0.6 is 11.6 Å². The summed E-state index contributed by atoms with van der Waals surface area (Å²) in [6.45, 7) is 2.36. The van der Waals surface area contributed by atoms with Gasteiger partial charge in [-0.05, 0) is 67.3 Å². The number of hydrogen-bond acceptors (Lipinski definition) is 3. The lowest BCUT2D eigenvalue weighted by molar-refractivity contribution is -0.121. The fraction of sp³-hybridized carbons (Fsp3) is 0.233. The van der Waals surface area contributed by atoms with E-state index >= 15 is 0 Å². The van der Waals surface area contributed by atoms with Crippen molar-refractivity contribution in [3.63, 3.8) is 0 Å². The number of rotatable bonds is 6. The molecule has 6 nitrogen and oxygen atoms in total. The molecule has 38 heavy (non-hydrogen) atoms. The molecular formula is C30H27ClFN5O. The molecule has 0 aliphatic heterocycles. The van der Waals surface area contributed by atoms with Gasteiger partial charge < -0.3 is 9.88 Å². The molecule has 0 radical (unpaired) electrons. The number of carbonyl (C=O) groups excluding carboxylic acids is 1. The SMILES string of the molecule is Cc1cc(NC(=O)C2(c3ccc(Cl)cc3)CCCC2)n(-c2nc3ccccc3n2Cc2ccc(F)cc2)n1. The molecule has 2 aromatic heterocycles. The number of para-hydroxylation sites is 2. The second-order valence-electron chi connectivity index (χ2n) is 9.95. The highest BCUT2D eigenvalue weighted by Crippen LogP contribution is 2.42. The van der Waals surface area contributed by atoms with Crippen molar-refractivity contribution in [2.24, 2.45) is 0 Å². The fourth-order valence-corrected chi connectivity index (χ4v) is 5.65. The molecule has 8 heteroatoms. The van der Waals surface area contributed by atoms with Gasteiger partial charge in [0.05, 0.1) is 28.7 Å². The minimum Gasteiger partial charge on any atom is -0.310 e. The number of nitrogens with one attached hydrogen (secondary N) is 1. The van der Waals surface area contributed by atoms with Crippen molar-refractivity contribution < 1.29 is 9.18 Å². The molecule has 1 aliphatic carbocycles. The van der Waals surface area contributed by atoms with E-state index in [0.29, 0.717) is 23.3 Å². The lowest BCUT2D eigenvalue weighted by atomic mass is 9.78. The van der Waals surface area contributed by atoms with E-state index in [1.165, 1.54) is 12.1 Å². The molecule has 0 spiro atoms. The topological polar surface area (TPSA) is 64.7 Å². The van der Waals surface area contributed by atoms with Gasteiger partial charge in [-0.15, -0.1) is 0 Å². The highest BCUT2D eigenvalue weighted by Gasteiger charge is 2.43. The largest absolute Gasteiger partial charge is 0.310 e. The number of anilines is 1. The third-order valence-electron chi connectivity index (χ3n) is 7.44. The third kappa shape index (κ3) is 4.37. The van der Waals surface area contributed by atoms with E-state index in [1.807, 2.05) is 66.1 Å². The van der Waals surface area contributed by atoms with Crippen molar-refractivity contribution in [1.82, 2.24) is 19.3 Å². The maximum atomic E-state index is 13.9. The van der Waals surface area contributed by atoms with Crippen LogP contribution in [0.5, 0.6) is 0 Å². The molecule has 2 heterocycles. The Labute approximate surface area is 225 Å². The molecule has 192 valence electrons. The van der Waals surface area contributed by atoms with Crippen molar-refractivity contribution in [3.05, 3.63) is 107 Å². The molecule has 5 aromatic rings. The Balaban J connectivity index is 1.41. The first-order valence-electron chi connectivity index (χ1n) is 12.8. The van der Waals surface area contributed by atoms with E-state index in [4.69, 9.17) is 21.7 Å². The Morgan fingerprint density at radius 2 is 1.74 bits per heavy atom. The summed E-state index contributed by atoms with van der Waals surface area (Å²) in [7, 11) is 0. The van der Waals surface area contributed by atoms with Crippen molar-refractivity contribution in [2.75, 3.05) is 5.32 Å². The van der Waals surface area contributed by atoms with Crippen LogP contribution in [0.3, 0.4) is 0 Å². The van der Waals surface area contributed by atoms with Gasteiger partial charge in [0.1, 0.15) is 11.6 Å². The number of carbonyl (C=O) groups is 1. The van der Waals surface area contributed by atoms with Gasteiger partial charge in [0.2, 0.25) is 11.9 Å². The van der Waals surface area contributed by atoms with Gasteiger partial charge in [-0.3, -0.25) is 4.79 Å². The summed E-state index contributed by atoms with van der Waals surface area (Å²) in [6.07, 6.45) is 3.52. The van der Waals surface area contributed by atoms with Crippen LogP contribution in [-0.4, -0.2) is 25.2 Å². The monoisotopic (exact) mass is 527 g/mol. The first-order valence-corrected chi connectivity index (χ1v) is 13.1. The molecule has 0 saturated heterocycles. The Hall–Kier alpha value is -3.97. The molecule has 0 atom stereocenters. The van der Waals surface area contributed by atoms with Crippen molar-refractivity contribution >= 4 is 34.4 Å². The highest BCUT2D eigenvalue weighted by molar-refractivity contribution is 6.30. The predicted molar refractivity (Wildman–Crippen MR) is 147 cm³/mol. The summed E-state index contributed by atoms with van der Waals surface area (Å²) in [5.74, 6) is 0.799. The average molecular weight is 528 g/mol. The number of fused-ring (bicyclic) bond motifs is 1. The summed E-state index contributed by atoms with van der Waals surface area (Å²) in [5.41, 5.74) is 3.77. The second kappa shape index (κ2) is 9.72. The summed E-state index contributed by atoms with van der Waals surface area (Å²) >= 11 is 6.14. The van der Waals surface area contributed by atoms with E-state index in [-0.39, 0.29) is 11.7 Å². The highest BCUT2D eigenvalue weighted by atomic mass is 35.5. The summed E-state index contributed by atoms with van der Waals surface area (Å²) in [4.78, 5) is 18.8. The number of halogens is 2. The Bertz CT molecular complexity index is 1620. The van der Waals surface area contributed by atoms with Crippen LogP contribution in [0.15, 0.2) is 78.9 Å². The molecular weight excluding hydrogens is 501 g/mol. The van der Waals surface area contributed by atoms with E-state index in [9.17, 15) is 9.18 Å². The van der Waals surface area contributed by atoms with Gasteiger partial charge in [-0.2, -0.15) is 9.78 Å². The summed E-state index contributed by atoms with van der Waals surface area (Å²) in [6, 6.07) is 23.7. The zero-order valence-corrected chi connectivity index (χ0v) is 21.8.